The summed E-state index contributed by atoms with van der Waals surface area (Å²) in [7, 11) is 3.68. The van der Waals surface area contributed by atoms with Crippen molar-refractivity contribution in [1.29, 1.82) is 0 Å². The van der Waals surface area contributed by atoms with Crippen molar-refractivity contribution in [2.45, 2.75) is 12.6 Å². The van der Waals surface area contributed by atoms with Crippen molar-refractivity contribution >= 4 is 0 Å². The van der Waals surface area contributed by atoms with Gasteiger partial charge in [-0.05, 0) is 43.4 Å². The van der Waals surface area contributed by atoms with Crippen LogP contribution in [0.2, 0.25) is 0 Å². The lowest BCUT2D eigenvalue weighted by atomic mass is 10.1. The molecule has 1 aliphatic rings. The van der Waals surface area contributed by atoms with E-state index in [9.17, 15) is 4.39 Å². The predicted octanol–water partition coefficient (Wildman–Crippen LogP) is 3.53. The summed E-state index contributed by atoms with van der Waals surface area (Å²) in [6, 6.07) is 14.2. The molecule has 0 spiro atoms. The number of methoxy groups -OCH3 is 1. The Hall–Kier alpha value is -2.74. The van der Waals surface area contributed by atoms with E-state index in [0.717, 1.165) is 34.8 Å². The number of aromatic nitrogens is 2. The molecule has 1 saturated heterocycles. The normalized spacial score (nSPS) is 16.7. The molecule has 6 nitrogen and oxygen atoms in total. The molecule has 0 amide bonds. The second-order valence-corrected chi connectivity index (χ2v) is 7.42. The maximum Gasteiger partial charge on any atom is 0.123 e. The number of rotatable bonds is 7. The van der Waals surface area contributed by atoms with Crippen molar-refractivity contribution < 1.29 is 18.6 Å². The molecule has 30 heavy (non-hydrogen) atoms. The lowest BCUT2D eigenvalue weighted by molar-refractivity contribution is -0.0962. The van der Waals surface area contributed by atoms with Crippen LogP contribution in [0.4, 0.5) is 4.39 Å². The summed E-state index contributed by atoms with van der Waals surface area (Å²) in [5.41, 5.74) is 3.43. The first-order valence-corrected chi connectivity index (χ1v) is 9.99. The topological polar surface area (TPSA) is 48.8 Å². The van der Waals surface area contributed by atoms with Gasteiger partial charge >= 0.3 is 0 Å². The number of hydrogen-bond acceptors (Lipinski definition) is 5. The van der Waals surface area contributed by atoms with E-state index in [4.69, 9.17) is 19.3 Å². The van der Waals surface area contributed by atoms with Gasteiger partial charge in [0.2, 0.25) is 0 Å². The highest BCUT2D eigenvalue weighted by Crippen LogP contribution is 2.26. The Labute approximate surface area is 175 Å². The highest BCUT2D eigenvalue weighted by atomic mass is 19.1. The van der Waals surface area contributed by atoms with Crippen LogP contribution in [-0.2, 0) is 16.0 Å². The second kappa shape index (κ2) is 9.38. The van der Waals surface area contributed by atoms with E-state index in [1.807, 2.05) is 48.3 Å². The van der Waals surface area contributed by atoms with Gasteiger partial charge in [0.1, 0.15) is 11.6 Å². The number of benzene rings is 2. The SMILES string of the molecule is COc1ccc(-n2cc(CN(C)C[C@H]3COCCO3)c(-c3cccc(F)c3)n2)cc1. The Bertz CT molecular complexity index is 968. The molecule has 0 N–H and O–H groups in total. The van der Waals surface area contributed by atoms with Crippen molar-refractivity contribution in [1.82, 2.24) is 14.7 Å². The third-order valence-corrected chi connectivity index (χ3v) is 5.07. The number of ether oxygens (including phenoxy) is 3. The van der Waals surface area contributed by atoms with Gasteiger partial charge < -0.3 is 14.2 Å². The minimum Gasteiger partial charge on any atom is -0.497 e. The highest BCUT2D eigenvalue weighted by molar-refractivity contribution is 5.63. The molecule has 158 valence electrons. The smallest absolute Gasteiger partial charge is 0.123 e. The van der Waals surface area contributed by atoms with Gasteiger partial charge in [0.25, 0.3) is 0 Å². The van der Waals surface area contributed by atoms with Gasteiger partial charge in [0.15, 0.2) is 0 Å². The molecule has 1 fully saturated rings. The Morgan fingerprint density at radius 2 is 2.03 bits per heavy atom. The Morgan fingerprint density at radius 3 is 2.73 bits per heavy atom. The van der Waals surface area contributed by atoms with Gasteiger partial charge in [0.05, 0.1) is 44.4 Å². The monoisotopic (exact) mass is 411 g/mol. The van der Waals surface area contributed by atoms with Crippen LogP contribution >= 0.6 is 0 Å². The molecular formula is C23H26FN3O3. The van der Waals surface area contributed by atoms with E-state index in [-0.39, 0.29) is 11.9 Å². The average molecular weight is 411 g/mol. The van der Waals surface area contributed by atoms with Crippen molar-refractivity contribution in [3.05, 3.63) is 66.1 Å². The van der Waals surface area contributed by atoms with Gasteiger partial charge in [-0.15, -0.1) is 0 Å². The summed E-state index contributed by atoms with van der Waals surface area (Å²) in [4.78, 5) is 2.18. The van der Waals surface area contributed by atoms with Crippen molar-refractivity contribution in [3.63, 3.8) is 0 Å². The third-order valence-electron chi connectivity index (χ3n) is 5.07. The molecule has 1 aliphatic heterocycles. The average Bonchev–Trinajstić information content (AvgIpc) is 3.18. The summed E-state index contributed by atoms with van der Waals surface area (Å²) < 4.78 is 32.2. The summed E-state index contributed by atoms with van der Waals surface area (Å²) in [5, 5.41) is 4.77. The Kier molecular flexibility index (Phi) is 6.42. The molecule has 4 rings (SSSR count). The maximum absolute atomic E-state index is 13.9. The minimum absolute atomic E-state index is 0.0537. The van der Waals surface area contributed by atoms with Gasteiger partial charge in [-0.25, -0.2) is 9.07 Å². The molecule has 1 atom stereocenters. The van der Waals surface area contributed by atoms with Crippen molar-refractivity contribution in [3.8, 4) is 22.7 Å². The fourth-order valence-corrected chi connectivity index (χ4v) is 3.62. The van der Waals surface area contributed by atoms with Gasteiger partial charge in [0, 0.05) is 30.4 Å². The van der Waals surface area contributed by atoms with Gasteiger partial charge in [-0.2, -0.15) is 5.10 Å². The second-order valence-electron chi connectivity index (χ2n) is 7.42. The van der Waals surface area contributed by atoms with Crippen LogP contribution in [0.25, 0.3) is 16.9 Å². The fraction of sp³-hybridized carbons (Fsp3) is 0.348. The zero-order valence-electron chi connectivity index (χ0n) is 17.3. The maximum atomic E-state index is 13.9. The molecule has 1 aromatic heterocycles. The van der Waals surface area contributed by atoms with Crippen molar-refractivity contribution in [2.75, 3.05) is 40.5 Å². The fourth-order valence-electron chi connectivity index (χ4n) is 3.62. The summed E-state index contributed by atoms with van der Waals surface area (Å²) >= 11 is 0. The Morgan fingerprint density at radius 1 is 1.20 bits per heavy atom. The number of hydrogen-bond donors (Lipinski definition) is 0. The molecule has 0 aliphatic carbocycles. The molecule has 2 heterocycles. The zero-order valence-corrected chi connectivity index (χ0v) is 17.3. The van der Waals surface area contributed by atoms with Crippen LogP contribution in [0.5, 0.6) is 5.75 Å². The summed E-state index contributed by atoms with van der Waals surface area (Å²) in [6.45, 7) is 3.28. The quantitative estimate of drug-likeness (QED) is 0.595. The van der Waals surface area contributed by atoms with E-state index >= 15 is 0 Å². The molecule has 2 aromatic carbocycles. The largest absolute Gasteiger partial charge is 0.497 e. The van der Waals surface area contributed by atoms with Crippen LogP contribution in [0.1, 0.15) is 5.56 Å². The van der Waals surface area contributed by atoms with Crippen LogP contribution in [0.3, 0.4) is 0 Å². The molecule has 0 saturated carbocycles. The number of likely N-dealkylation sites (N-methyl/N-ethyl adjacent to an activating group) is 1. The van der Waals surface area contributed by atoms with Crippen LogP contribution in [-0.4, -0.2) is 61.3 Å². The van der Waals surface area contributed by atoms with E-state index < -0.39 is 0 Å². The Balaban J connectivity index is 1.61. The third kappa shape index (κ3) is 4.87. The van der Waals surface area contributed by atoms with Crippen molar-refractivity contribution in [2.24, 2.45) is 0 Å². The van der Waals surface area contributed by atoms with Crippen LogP contribution in [0.15, 0.2) is 54.7 Å². The number of halogens is 1. The zero-order chi connectivity index (χ0) is 20.9. The molecule has 3 aromatic rings. The lowest BCUT2D eigenvalue weighted by Crippen LogP contribution is -2.38. The molecular weight excluding hydrogens is 385 g/mol. The molecule has 0 radical (unpaired) electrons. The van der Waals surface area contributed by atoms with Gasteiger partial charge in [-0.3, -0.25) is 4.90 Å². The first-order valence-electron chi connectivity index (χ1n) is 9.99. The molecule has 0 unspecified atom stereocenters. The van der Waals surface area contributed by atoms with Gasteiger partial charge in [-0.1, -0.05) is 12.1 Å². The van der Waals surface area contributed by atoms with E-state index in [1.165, 1.54) is 12.1 Å². The standard InChI is InChI=1S/C23H26FN3O3/c1-26(15-22-16-29-10-11-30-22)13-18-14-27(20-6-8-21(28-2)9-7-20)25-23(18)17-4-3-5-19(24)12-17/h3-9,12,14,22H,10-11,13,15-16H2,1-2H3/t22-/m0/s1. The van der Waals surface area contributed by atoms with Crippen LogP contribution in [0, 0.1) is 5.82 Å². The van der Waals surface area contributed by atoms with E-state index in [0.29, 0.717) is 26.4 Å². The number of nitrogens with zero attached hydrogens (tertiary/aromatic N) is 3. The molecule has 7 heteroatoms. The first kappa shape index (κ1) is 20.5. The van der Waals surface area contributed by atoms with E-state index in [2.05, 4.69) is 4.90 Å². The summed E-state index contributed by atoms with van der Waals surface area (Å²) in [6.07, 6.45) is 2.05. The predicted molar refractivity (Wildman–Crippen MR) is 112 cm³/mol. The highest BCUT2D eigenvalue weighted by Gasteiger charge is 2.19. The minimum atomic E-state index is -0.279. The summed E-state index contributed by atoms with van der Waals surface area (Å²) in [5.74, 6) is 0.504. The first-order chi connectivity index (χ1) is 14.6. The molecule has 0 bridgehead atoms. The van der Waals surface area contributed by atoms with E-state index in [1.54, 1.807) is 13.2 Å². The lowest BCUT2D eigenvalue weighted by Gasteiger charge is -2.27. The van der Waals surface area contributed by atoms with Crippen LogP contribution < -0.4 is 4.74 Å².